The van der Waals surface area contributed by atoms with E-state index in [2.05, 4.69) is 5.32 Å². The summed E-state index contributed by atoms with van der Waals surface area (Å²) in [5.74, 6) is -0.464. The molecule has 3 rings (SSSR count). The second-order valence-corrected chi connectivity index (χ2v) is 11.1. The third-order valence-electron chi connectivity index (χ3n) is 5.78. The Balaban J connectivity index is 2.03. The molecule has 3 aromatic rings. The van der Waals surface area contributed by atoms with Crippen molar-refractivity contribution in [3.05, 3.63) is 88.4 Å². The molecule has 202 valence electrons. The summed E-state index contributed by atoms with van der Waals surface area (Å²) in [4.78, 5) is 27.8. The molecular weight excluding hydrogens is 549 g/mol. The Kier molecular flexibility index (Phi) is 10.0. The zero-order valence-corrected chi connectivity index (χ0v) is 23.6. The zero-order valence-electron chi connectivity index (χ0n) is 21.2. The van der Waals surface area contributed by atoms with Crippen molar-refractivity contribution in [2.75, 3.05) is 24.5 Å². The molecular formula is C27H29Cl2N3O5S. The normalized spacial score (nSPS) is 11.9. The number of hydrogen-bond acceptors (Lipinski definition) is 5. The Labute approximate surface area is 233 Å². The Morgan fingerprint density at radius 3 is 2.18 bits per heavy atom. The van der Waals surface area contributed by atoms with Gasteiger partial charge < -0.3 is 15.0 Å². The van der Waals surface area contributed by atoms with E-state index >= 15 is 0 Å². The second-order valence-electron chi connectivity index (χ2n) is 8.39. The minimum absolute atomic E-state index is 0.0377. The van der Waals surface area contributed by atoms with Crippen molar-refractivity contribution in [1.82, 2.24) is 10.2 Å². The van der Waals surface area contributed by atoms with E-state index in [1.807, 2.05) is 0 Å². The average molecular weight is 579 g/mol. The molecule has 0 bridgehead atoms. The van der Waals surface area contributed by atoms with Gasteiger partial charge in [0.25, 0.3) is 10.0 Å². The number of nitrogens with zero attached hydrogens (tertiary/aromatic N) is 2. The van der Waals surface area contributed by atoms with E-state index < -0.39 is 28.5 Å². The van der Waals surface area contributed by atoms with Crippen molar-refractivity contribution >= 4 is 50.7 Å². The lowest BCUT2D eigenvalue weighted by Gasteiger charge is -2.32. The highest BCUT2D eigenvalue weighted by Gasteiger charge is 2.32. The van der Waals surface area contributed by atoms with Gasteiger partial charge in [-0.2, -0.15) is 0 Å². The predicted molar refractivity (Wildman–Crippen MR) is 149 cm³/mol. The molecule has 0 heterocycles. The number of ether oxygens (including phenoxy) is 1. The van der Waals surface area contributed by atoms with Gasteiger partial charge in [-0.3, -0.25) is 13.9 Å². The lowest BCUT2D eigenvalue weighted by Crippen LogP contribution is -2.51. The van der Waals surface area contributed by atoms with Crippen molar-refractivity contribution in [2.45, 2.75) is 31.3 Å². The summed E-state index contributed by atoms with van der Waals surface area (Å²) in [6.45, 7) is 3.22. The molecule has 2 amide bonds. The van der Waals surface area contributed by atoms with Crippen molar-refractivity contribution in [1.29, 1.82) is 0 Å². The monoisotopic (exact) mass is 577 g/mol. The van der Waals surface area contributed by atoms with E-state index in [9.17, 15) is 18.0 Å². The van der Waals surface area contributed by atoms with Crippen LogP contribution in [0.25, 0.3) is 0 Å². The van der Waals surface area contributed by atoms with Gasteiger partial charge in [-0.1, -0.05) is 41.4 Å². The number of rotatable bonds is 11. The highest BCUT2D eigenvalue weighted by Crippen LogP contribution is 2.28. The van der Waals surface area contributed by atoms with Crippen molar-refractivity contribution in [2.24, 2.45) is 0 Å². The van der Waals surface area contributed by atoms with E-state index in [0.717, 1.165) is 4.31 Å². The summed E-state index contributed by atoms with van der Waals surface area (Å²) in [5.41, 5.74) is 0.893. The topological polar surface area (TPSA) is 96.0 Å². The van der Waals surface area contributed by atoms with Gasteiger partial charge in [-0.25, -0.2) is 8.42 Å². The number of halogens is 2. The van der Waals surface area contributed by atoms with Crippen LogP contribution in [0.2, 0.25) is 10.0 Å². The fraction of sp³-hybridized carbons (Fsp3) is 0.259. The Hall–Kier alpha value is -3.27. The van der Waals surface area contributed by atoms with Crippen molar-refractivity contribution in [3.63, 3.8) is 0 Å². The second kappa shape index (κ2) is 13.0. The SMILES string of the molecule is CCNC(=O)[C@@H](C)N(Cc1cccc(Cl)c1)C(=O)CN(c1cccc(Cl)c1)S(=O)(=O)c1ccc(OC)cc1. The number of methoxy groups -OCH3 is 1. The maximum Gasteiger partial charge on any atom is 0.264 e. The molecule has 0 aliphatic rings. The van der Waals surface area contributed by atoms with Crippen LogP contribution >= 0.6 is 23.2 Å². The fourth-order valence-electron chi connectivity index (χ4n) is 3.77. The maximum atomic E-state index is 13.8. The van der Waals surface area contributed by atoms with Crippen LogP contribution in [0.3, 0.4) is 0 Å². The molecule has 8 nitrogen and oxygen atoms in total. The molecule has 11 heteroatoms. The van der Waals surface area contributed by atoms with Gasteiger partial charge in [0.1, 0.15) is 18.3 Å². The van der Waals surface area contributed by atoms with Gasteiger partial charge in [-0.05, 0) is 74.0 Å². The molecule has 0 saturated carbocycles. The van der Waals surface area contributed by atoms with Crippen LogP contribution in [0.4, 0.5) is 5.69 Å². The zero-order chi connectivity index (χ0) is 27.9. The molecule has 0 aliphatic heterocycles. The first-order valence-electron chi connectivity index (χ1n) is 11.8. The highest BCUT2D eigenvalue weighted by molar-refractivity contribution is 7.92. The number of amides is 2. The van der Waals surface area contributed by atoms with Crippen LogP contribution in [-0.4, -0.2) is 51.4 Å². The Morgan fingerprint density at radius 1 is 0.974 bits per heavy atom. The minimum Gasteiger partial charge on any atom is -0.497 e. The number of sulfonamides is 1. The lowest BCUT2D eigenvalue weighted by molar-refractivity contribution is -0.139. The van der Waals surface area contributed by atoms with Crippen LogP contribution < -0.4 is 14.4 Å². The Morgan fingerprint density at radius 2 is 1.61 bits per heavy atom. The van der Waals surface area contributed by atoms with Crippen LogP contribution in [0, 0.1) is 0 Å². The summed E-state index contributed by atoms with van der Waals surface area (Å²) in [6.07, 6.45) is 0. The van der Waals surface area contributed by atoms with E-state index in [0.29, 0.717) is 27.9 Å². The first kappa shape index (κ1) is 29.3. The van der Waals surface area contributed by atoms with Gasteiger partial charge in [-0.15, -0.1) is 0 Å². The summed E-state index contributed by atoms with van der Waals surface area (Å²) in [6, 6.07) is 18.1. The number of likely N-dealkylation sites (N-methyl/N-ethyl adjacent to an activating group) is 1. The van der Waals surface area contributed by atoms with Crippen molar-refractivity contribution < 1.29 is 22.7 Å². The standard InChI is InChI=1S/C27H29Cl2N3O5S/c1-4-30-27(34)19(2)31(17-20-7-5-8-21(28)15-20)26(33)18-32(23-10-6-9-22(29)16-23)38(35,36)25-13-11-24(37-3)12-14-25/h5-16,19H,4,17-18H2,1-3H3,(H,30,34)/t19-/m1/s1. The van der Waals surface area contributed by atoms with Crippen LogP contribution in [0.5, 0.6) is 5.75 Å². The summed E-state index contributed by atoms with van der Waals surface area (Å²) >= 11 is 12.3. The maximum absolute atomic E-state index is 13.8. The number of carbonyl (C=O) groups excluding carboxylic acids is 2. The smallest absolute Gasteiger partial charge is 0.264 e. The third kappa shape index (κ3) is 7.18. The molecule has 0 unspecified atom stereocenters. The third-order valence-corrected chi connectivity index (χ3v) is 8.04. The molecule has 0 radical (unpaired) electrons. The molecule has 38 heavy (non-hydrogen) atoms. The number of benzene rings is 3. The fourth-order valence-corrected chi connectivity index (χ4v) is 5.57. The lowest BCUT2D eigenvalue weighted by atomic mass is 10.1. The minimum atomic E-state index is -4.21. The predicted octanol–water partition coefficient (Wildman–Crippen LogP) is 4.75. The largest absolute Gasteiger partial charge is 0.497 e. The Bertz CT molecular complexity index is 1380. The number of carbonyl (C=O) groups is 2. The summed E-state index contributed by atoms with van der Waals surface area (Å²) < 4.78 is 33.7. The highest BCUT2D eigenvalue weighted by atomic mass is 35.5. The summed E-state index contributed by atoms with van der Waals surface area (Å²) in [7, 11) is -2.73. The average Bonchev–Trinajstić information content (AvgIpc) is 2.90. The van der Waals surface area contributed by atoms with Crippen LogP contribution in [0.1, 0.15) is 19.4 Å². The number of anilines is 1. The summed E-state index contributed by atoms with van der Waals surface area (Å²) in [5, 5.41) is 3.49. The first-order valence-corrected chi connectivity index (χ1v) is 14.0. The van der Waals surface area contributed by atoms with Gasteiger partial charge in [0.05, 0.1) is 17.7 Å². The van der Waals surface area contributed by atoms with Crippen LogP contribution in [0.15, 0.2) is 77.7 Å². The van der Waals surface area contributed by atoms with E-state index in [4.69, 9.17) is 27.9 Å². The van der Waals surface area contributed by atoms with Crippen LogP contribution in [-0.2, 0) is 26.2 Å². The molecule has 0 spiro atoms. The molecule has 1 atom stereocenters. The number of nitrogens with one attached hydrogen (secondary N) is 1. The van der Waals surface area contributed by atoms with Gasteiger partial charge in [0.2, 0.25) is 11.8 Å². The molecule has 1 N–H and O–H groups in total. The van der Waals surface area contributed by atoms with E-state index in [1.165, 1.54) is 42.3 Å². The molecule has 0 saturated heterocycles. The molecule has 0 fully saturated rings. The van der Waals surface area contributed by atoms with E-state index in [1.54, 1.807) is 56.3 Å². The molecule has 3 aromatic carbocycles. The quantitative estimate of drug-likeness (QED) is 0.354. The van der Waals surface area contributed by atoms with Gasteiger partial charge in [0, 0.05) is 23.1 Å². The van der Waals surface area contributed by atoms with Gasteiger partial charge in [0.15, 0.2) is 0 Å². The van der Waals surface area contributed by atoms with E-state index in [-0.39, 0.29) is 23.0 Å². The van der Waals surface area contributed by atoms with Crippen molar-refractivity contribution in [3.8, 4) is 5.75 Å². The van der Waals surface area contributed by atoms with Gasteiger partial charge >= 0.3 is 0 Å². The number of hydrogen-bond donors (Lipinski definition) is 1. The molecule has 0 aliphatic carbocycles. The first-order chi connectivity index (χ1) is 18.1. The molecule has 0 aromatic heterocycles.